The van der Waals surface area contributed by atoms with Crippen LogP contribution >= 0.6 is 0 Å². The van der Waals surface area contributed by atoms with Crippen molar-refractivity contribution in [2.45, 2.75) is 25.9 Å². The molecule has 4 nitrogen and oxygen atoms in total. The summed E-state index contributed by atoms with van der Waals surface area (Å²) in [5, 5.41) is -0.0408. The maximum Gasteiger partial charge on any atom is 0.453 e. The van der Waals surface area contributed by atoms with Crippen molar-refractivity contribution in [1.29, 1.82) is 0 Å². The van der Waals surface area contributed by atoms with Gasteiger partial charge in [-0.1, -0.05) is 44.7 Å². The highest BCUT2D eigenvalue weighted by molar-refractivity contribution is 5.79. The molecule has 29 heavy (non-hydrogen) atoms. The normalized spacial score (nSPS) is 11.7. The number of ether oxygens (including phenoxy) is 2. The van der Waals surface area contributed by atoms with E-state index in [0.29, 0.717) is 5.56 Å². The van der Waals surface area contributed by atoms with Gasteiger partial charge in [0, 0.05) is 6.07 Å². The van der Waals surface area contributed by atoms with Gasteiger partial charge in [-0.3, -0.25) is 4.79 Å². The van der Waals surface area contributed by atoms with E-state index in [1.807, 2.05) is 13.8 Å². The smallest absolute Gasteiger partial charge is 0.453 e. The van der Waals surface area contributed by atoms with Crippen LogP contribution in [0.4, 0.5) is 13.2 Å². The third-order valence-electron chi connectivity index (χ3n) is 4.20. The lowest BCUT2D eigenvalue weighted by molar-refractivity contribution is -0.154. The predicted octanol–water partition coefficient (Wildman–Crippen LogP) is 6.29. The van der Waals surface area contributed by atoms with Crippen LogP contribution in [-0.2, 0) is 6.18 Å². The van der Waals surface area contributed by atoms with Crippen molar-refractivity contribution < 1.29 is 27.1 Å². The van der Waals surface area contributed by atoms with Gasteiger partial charge in [-0.15, -0.1) is 0 Å². The highest BCUT2D eigenvalue weighted by atomic mass is 19.4. The molecule has 0 aliphatic rings. The zero-order valence-electron chi connectivity index (χ0n) is 15.9. The minimum absolute atomic E-state index is 0.0161. The first-order chi connectivity index (χ1) is 13.7. The quantitative estimate of drug-likeness (QED) is 0.453. The van der Waals surface area contributed by atoms with E-state index >= 15 is 0 Å². The van der Waals surface area contributed by atoms with Crippen molar-refractivity contribution in [3.63, 3.8) is 0 Å². The van der Waals surface area contributed by atoms with Gasteiger partial charge in [0.15, 0.2) is 0 Å². The molecule has 0 aliphatic heterocycles. The predicted molar refractivity (Wildman–Crippen MR) is 104 cm³/mol. The molecule has 2 aromatic carbocycles. The average Bonchev–Trinajstić information content (AvgIpc) is 2.67. The molecule has 1 aromatic heterocycles. The number of benzene rings is 2. The van der Waals surface area contributed by atoms with Gasteiger partial charge in [-0.05, 0) is 29.7 Å². The molecule has 0 saturated heterocycles. The fraction of sp³-hybridized carbons (Fsp3) is 0.227. The number of hydrogen-bond acceptors (Lipinski definition) is 4. The third kappa shape index (κ3) is 4.29. The molecule has 152 valence electrons. The minimum atomic E-state index is -4.92. The van der Waals surface area contributed by atoms with E-state index < -0.39 is 23.1 Å². The van der Waals surface area contributed by atoms with Crippen LogP contribution in [0, 0.1) is 0 Å². The Morgan fingerprint density at radius 2 is 1.90 bits per heavy atom. The van der Waals surface area contributed by atoms with Gasteiger partial charge in [0.05, 0.1) is 5.39 Å². The number of rotatable bonds is 6. The molecule has 0 unspecified atom stereocenters. The van der Waals surface area contributed by atoms with Gasteiger partial charge in [0.2, 0.25) is 11.2 Å². The largest absolute Gasteiger partial charge is 0.489 e. The Morgan fingerprint density at radius 1 is 1.17 bits per heavy atom. The summed E-state index contributed by atoms with van der Waals surface area (Å²) in [6.07, 6.45) is -3.43. The van der Waals surface area contributed by atoms with Crippen molar-refractivity contribution in [2.24, 2.45) is 0 Å². The molecule has 0 aliphatic carbocycles. The Morgan fingerprint density at radius 3 is 2.55 bits per heavy atom. The van der Waals surface area contributed by atoms with E-state index in [-0.39, 0.29) is 35.0 Å². The number of halogens is 3. The van der Waals surface area contributed by atoms with E-state index in [2.05, 4.69) is 6.58 Å². The first-order valence-electron chi connectivity index (χ1n) is 8.91. The van der Waals surface area contributed by atoms with Gasteiger partial charge >= 0.3 is 6.18 Å². The van der Waals surface area contributed by atoms with Crippen molar-refractivity contribution in [3.8, 4) is 17.2 Å². The lowest BCUT2D eigenvalue weighted by Crippen LogP contribution is -2.16. The summed E-state index contributed by atoms with van der Waals surface area (Å²) in [7, 11) is 0. The van der Waals surface area contributed by atoms with Crippen LogP contribution in [0.25, 0.3) is 11.0 Å². The number of hydrogen-bond donors (Lipinski definition) is 0. The maximum atomic E-state index is 13.7. The lowest BCUT2D eigenvalue weighted by Gasteiger charge is -2.16. The second kappa shape index (κ2) is 8.03. The molecule has 1 heterocycles. The summed E-state index contributed by atoms with van der Waals surface area (Å²) in [6, 6.07) is 10.7. The molecule has 0 fully saturated rings. The fourth-order valence-electron chi connectivity index (χ4n) is 2.84. The van der Waals surface area contributed by atoms with Gasteiger partial charge in [0.1, 0.15) is 23.7 Å². The summed E-state index contributed by atoms with van der Waals surface area (Å²) >= 11 is 0. The van der Waals surface area contributed by atoms with Crippen LogP contribution < -0.4 is 14.9 Å². The molecule has 7 heteroatoms. The van der Waals surface area contributed by atoms with Crippen molar-refractivity contribution in [3.05, 3.63) is 76.7 Å². The standard InChI is InChI=1S/C22H19F3O4/c1-4-11-27-14-9-10-16-18(12-14)29-21(22(23,24)25)20(19(16)26)28-17-8-6-5-7-15(17)13(2)3/h4-10,12-13H,1,11H2,2-3H3. The summed E-state index contributed by atoms with van der Waals surface area (Å²) in [6.45, 7) is 7.42. The summed E-state index contributed by atoms with van der Waals surface area (Å²) in [5.41, 5.74) is -0.478. The average molecular weight is 404 g/mol. The fourth-order valence-corrected chi connectivity index (χ4v) is 2.84. The number of fused-ring (bicyclic) bond motifs is 1. The summed E-state index contributed by atoms with van der Waals surface area (Å²) < 4.78 is 56.9. The van der Waals surface area contributed by atoms with Gasteiger partial charge < -0.3 is 13.9 Å². The molecule has 3 rings (SSSR count). The van der Waals surface area contributed by atoms with Crippen LogP contribution in [-0.4, -0.2) is 6.61 Å². The zero-order chi connectivity index (χ0) is 21.2. The monoisotopic (exact) mass is 404 g/mol. The van der Waals surface area contributed by atoms with Gasteiger partial charge in [0.25, 0.3) is 5.76 Å². The zero-order valence-corrected chi connectivity index (χ0v) is 15.9. The SMILES string of the molecule is C=CCOc1ccc2c(=O)c(Oc3ccccc3C(C)C)c(C(F)(F)F)oc2c1. The second-order valence-corrected chi connectivity index (χ2v) is 6.64. The molecular formula is C22H19F3O4. The first-order valence-corrected chi connectivity index (χ1v) is 8.91. The van der Waals surface area contributed by atoms with Crippen LogP contribution in [0.5, 0.6) is 17.2 Å². The highest BCUT2D eigenvalue weighted by Gasteiger charge is 2.40. The Bertz CT molecular complexity index is 1100. The molecule has 0 N–H and O–H groups in total. The van der Waals surface area contributed by atoms with Crippen LogP contribution in [0.2, 0.25) is 0 Å². The van der Waals surface area contributed by atoms with Crippen LogP contribution in [0.3, 0.4) is 0 Å². The molecule has 0 amide bonds. The molecule has 0 radical (unpaired) electrons. The van der Waals surface area contributed by atoms with Gasteiger partial charge in [-0.25, -0.2) is 0 Å². The van der Waals surface area contributed by atoms with Crippen molar-refractivity contribution >= 4 is 11.0 Å². The topological polar surface area (TPSA) is 48.7 Å². The molecular weight excluding hydrogens is 385 g/mol. The lowest BCUT2D eigenvalue weighted by atomic mass is 10.0. The van der Waals surface area contributed by atoms with Crippen LogP contribution in [0.15, 0.2) is 64.3 Å². The van der Waals surface area contributed by atoms with Crippen LogP contribution in [0.1, 0.15) is 31.1 Å². The minimum Gasteiger partial charge on any atom is -0.489 e. The Labute approximate surface area is 165 Å². The molecule has 0 saturated carbocycles. The summed E-state index contributed by atoms with van der Waals surface area (Å²) in [4.78, 5) is 12.9. The summed E-state index contributed by atoms with van der Waals surface area (Å²) in [5.74, 6) is -1.97. The molecule has 0 bridgehead atoms. The van der Waals surface area contributed by atoms with E-state index in [1.54, 1.807) is 18.2 Å². The number of para-hydroxylation sites is 1. The Balaban J connectivity index is 2.19. The number of alkyl halides is 3. The molecule has 0 atom stereocenters. The Hall–Kier alpha value is -3.22. The second-order valence-electron chi connectivity index (χ2n) is 6.64. The van der Waals surface area contributed by atoms with E-state index in [1.165, 1.54) is 30.3 Å². The Kier molecular flexibility index (Phi) is 5.68. The first kappa shape index (κ1) is 20.5. The highest BCUT2D eigenvalue weighted by Crippen LogP contribution is 2.40. The molecule has 0 spiro atoms. The van der Waals surface area contributed by atoms with E-state index in [9.17, 15) is 18.0 Å². The van der Waals surface area contributed by atoms with E-state index in [0.717, 1.165) is 0 Å². The van der Waals surface area contributed by atoms with Gasteiger partial charge in [-0.2, -0.15) is 13.2 Å². The molecule has 3 aromatic rings. The van der Waals surface area contributed by atoms with Crippen molar-refractivity contribution in [1.82, 2.24) is 0 Å². The third-order valence-corrected chi connectivity index (χ3v) is 4.20. The van der Waals surface area contributed by atoms with Crippen molar-refractivity contribution in [2.75, 3.05) is 6.61 Å². The van der Waals surface area contributed by atoms with E-state index in [4.69, 9.17) is 13.9 Å². The maximum absolute atomic E-state index is 13.7.